The number of carbonyl (C=O) groups excluding carboxylic acids is 1. The summed E-state index contributed by atoms with van der Waals surface area (Å²) in [5.41, 5.74) is 0.942. The van der Waals surface area contributed by atoms with E-state index in [1.54, 1.807) is 47.4 Å². The molecule has 1 fully saturated rings. The first-order valence-corrected chi connectivity index (χ1v) is 9.88. The average molecular weight is 412 g/mol. The second-order valence-electron chi connectivity index (χ2n) is 7.40. The number of ether oxygens (including phenoxy) is 1. The van der Waals surface area contributed by atoms with Crippen LogP contribution in [0.1, 0.15) is 40.6 Å². The van der Waals surface area contributed by atoms with Crippen LogP contribution in [-0.4, -0.2) is 35.2 Å². The minimum Gasteiger partial charge on any atom is -0.508 e. The Bertz CT molecular complexity index is 1180. The minimum absolute atomic E-state index is 0.0381. The summed E-state index contributed by atoms with van der Waals surface area (Å²) in [6.45, 7) is 1.01. The molecule has 7 heteroatoms. The van der Waals surface area contributed by atoms with Crippen LogP contribution in [0.3, 0.4) is 0 Å². The van der Waals surface area contributed by atoms with E-state index in [2.05, 4.69) is 0 Å². The van der Waals surface area contributed by atoms with Crippen molar-refractivity contribution in [3.8, 4) is 5.75 Å². The molecule has 1 saturated heterocycles. The molecule has 2 unspecified atom stereocenters. The molecular weight excluding hydrogens is 394 g/mol. The van der Waals surface area contributed by atoms with Gasteiger partial charge in [-0.1, -0.05) is 23.7 Å². The van der Waals surface area contributed by atoms with Gasteiger partial charge in [-0.05, 0) is 48.7 Å². The molecule has 3 heterocycles. The van der Waals surface area contributed by atoms with Gasteiger partial charge in [0.15, 0.2) is 5.43 Å². The topological polar surface area (TPSA) is 80.0 Å². The number of phenolic OH excluding ortho intramolecular Hbond substituents is 1. The molecule has 0 radical (unpaired) electrons. The lowest BCUT2D eigenvalue weighted by molar-refractivity contribution is 0.0486. The third-order valence-electron chi connectivity index (χ3n) is 5.54. The van der Waals surface area contributed by atoms with Gasteiger partial charge in [0.05, 0.1) is 23.1 Å². The molecule has 0 aliphatic carbocycles. The summed E-state index contributed by atoms with van der Waals surface area (Å²) < 4.78 is 11.6. The molecule has 148 valence electrons. The molecule has 0 spiro atoms. The molecule has 1 aromatic heterocycles. The maximum Gasteiger partial charge on any atom is 0.291 e. The van der Waals surface area contributed by atoms with Gasteiger partial charge in [-0.2, -0.15) is 0 Å². The average Bonchev–Trinajstić information content (AvgIpc) is 3.31. The molecule has 2 aliphatic heterocycles. The van der Waals surface area contributed by atoms with Crippen LogP contribution >= 0.6 is 11.6 Å². The van der Waals surface area contributed by atoms with E-state index in [4.69, 9.17) is 20.8 Å². The molecule has 6 nitrogen and oxygen atoms in total. The summed E-state index contributed by atoms with van der Waals surface area (Å²) in [4.78, 5) is 28.3. The van der Waals surface area contributed by atoms with Gasteiger partial charge in [-0.25, -0.2) is 0 Å². The quantitative estimate of drug-likeness (QED) is 0.707. The SMILES string of the molecule is O=C1c2oc3ccc(Cl)cc3c(=O)c2C(c2cccc(O)c2)N1CC1CCCO1. The molecule has 0 saturated carbocycles. The highest BCUT2D eigenvalue weighted by Crippen LogP contribution is 2.39. The largest absolute Gasteiger partial charge is 0.508 e. The van der Waals surface area contributed by atoms with Gasteiger partial charge in [-0.3, -0.25) is 9.59 Å². The summed E-state index contributed by atoms with van der Waals surface area (Å²) >= 11 is 6.08. The third kappa shape index (κ3) is 2.99. The zero-order chi connectivity index (χ0) is 20.1. The molecule has 3 aromatic rings. The Balaban J connectivity index is 1.72. The van der Waals surface area contributed by atoms with Crippen molar-refractivity contribution < 1.29 is 19.1 Å². The zero-order valence-electron chi connectivity index (χ0n) is 15.4. The summed E-state index contributed by atoms with van der Waals surface area (Å²) in [5.74, 6) is -0.248. The van der Waals surface area contributed by atoms with Gasteiger partial charge in [0.25, 0.3) is 5.91 Å². The number of amides is 1. The second kappa shape index (κ2) is 6.90. The van der Waals surface area contributed by atoms with Crippen molar-refractivity contribution in [2.75, 3.05) is 13.2 Å². The molecule has 2 aliphatic rings. The Morgan fingerprint density at radius 1 is 1.17 bits per heavy atom. The Morgan fingerprint density at radius 3 is 2.79 bits per heavy atom. The van der Waals surface area contributed by atoms with Gasteiger partial charge in [0.1, 0.15) is 11.3 Å². The first-order chi connectivity index (χ1) is 14.0. The molecule has 1 amide bonds. The summed E-state index contributed by atoms with van der Waals surface area (Å²) in [7, 11) is 0. The normalized spacial score (nSPS) is 21.1. The number of nitrogens with zero attached hydrogens (tertiary/aromatic N) is 1. The molecular formula is C22H18ClNO5. The number of carbonyl (C=O) groups is 1. The number of hydrogen-bond donors (Lipinski definition) is 1. The van der Waals surface area contributed by atoms with Crippen molar-refractivity contribution >= 4 is 28.5 Å². The summed E-state index contributed by atoms with van der Waals surface area (Å²) in [6, 6.07) is 10.7. The van der Waals surface area contributed by atoms with Gasteiger partial charge >= 0.3 is 0 Å². The molecule has 0 bridgehead atoms. The standard InChI is InChI=1S/C22H18ClNO5/c23-13-6-7-17-16(10-13)20(26)18-19(12-3-1-4-14(25)9-12)24(22(27)21(18)29-17)11-15-5-2-8-28-15/h1,3-4,6-7,9-10,15,19,25H,2,5,8,11H2. The van der Waals surface area contributed by atoms with Crippen LogP contribution in [0.25, 0.3) is 11.0 Å². The van der Waals surface area contributed by atoms with Crippen LogP contribution < -0.4 is 5.43 Å². The maximum absolute atomic E-state index is 13.4. The van der Waals surface area contributed by atoms with Crippen molar-refractivity contribution in [1.29, 1.82) is 0 Å². The summed E-state index contributed by atoms with van der Waals surface area (Å²) in [6.07, 6.45) is 1.70. The lowest BCUT2D eigenvalue weighted by Crippen LogP contribution is -2.36. The Kier molecular flexibility index (Phi) is 4.33. The number of aromatic hydroxyl groups is 1. The number of benzene rings is 2. The second-order valence-corrected chi connectivity index (χ2v) is 7.84. The predicted molar refractivity (Wildman–Crippen MR) is 107 cm³/mol. The van der Waals surface area contributed by atoms with Crippen molar-refractivity contribution in [3.05, 3.63) is 74.6 Å². The van der Waals surface area contributed by atoms with E-state index in [-0.39, 0.29) is 34.5 Å². The minimum atomic E-state index is -0.659. The van der Waals surface area contributed by atoms with Crippen LogP contribution in [0.4, 0.5) is 0 Å². The summed E-state index contributed by atoms with van der Waals surface area (Å²) in [5, 5.41) is 10.7. The Labute approximate surface area is 171 Å². The number of hydrogen-bond acceptors (Lipinski definition) is 5. The van der Waals surface area contributed by atoms with E-state index in [1.807, 2.05) is 0 Å². The van der Waals surface area contributed by atoms with Crippen LogP contribution in [0, 0.1) is 0 Å². The van der Waals surface area contributed by atoms with Crippen molar-refractivity contribution in [1.82, 2.24) is 4.90 Å². The van der Waals surface area contributed by atoms with E-state index in [1.165, 1.54) is 0 Å². The van der Waals surface area contributed by atoms with Crippen LogP contribution in [0.5, 0.6) is 5.75 Å². The third-order valence-corrected chi connectivity index (χ3v) is 5.77. The highest BCUT2D eigenvalue weighted by atomic mass is 35.5. The maximum atomic E-state index is 13.4. The van der Waals surface area contributed by atoms with Crippen LogP contribution in [0.15, 0.2) is 51.7 Å². The fourth-order valence-electron chi connectivity index (χ4n) is 4.23. The fraction of sp³-hybridized carbons (Fsp3) is 0.273. The van der Waals surface area contributed by atoms with E-state index in [0.29, 0.717) is 34.7 Å². The molecule has 5 rings (SSSR count). The lowest BCUT2D eigenvalue weighted by atomic mass is 9.98. The van der Waals surface area contributed by atoms with E-state index >= 15 is 0 Å². The molecule has 2 aromatic carbocycles. The molecule has 2 atom stereocenters. The number of rotatable bonds is 3. The van der Waals surface area contributed by atoms with Gasteiger partial charge < -0.3 is 19.2 Å². The fourth-order valence-corrected chi connectivity index (χ4v) is 4.40. The van der Waals surface area contributed by atoms with Gasteiger partial charge in [0, 0.05) is 18.2 Å². The Hall–Kier alpha value is -2.83. The number of halogens is 1. The van der Waals surface area contributed by atoms with E-state index in [9.17, 15) is 14.7 Å². The monoisotopic (exact) mass is 411 g/mol. The van der Waals surface area contributed by atoms with Crippen LogP contribution in [0.2, 0.25) is 5.02 Å². The highest BCUT2D eigenvalue weighted by Gasteiger charge is 2.44. The highest BCUT2D eigenvalue weighted by molar-refractivity contribution is 6.31. The van der Waals surface area contributed by atoms with E-state index < -0.39 is 6.04 Å². The number of phenols is 1. The van der Waals surface area contributed by atoms with Crippen molar-refractivity contribution in [2.24, 2.45) is 0 Å². The lowest BCUT2D eigenvalue weighted by Gasteiger charge is -2.27. The van der Waals surface area contributed by atoms with Crippen molar-refractivity contribution in [3.63, 3.8) is 0 Å². The van der Waals surface area contributed by atoms with Gasteiger partial charge in [-0.15, -0.1) is 0 Å². The zero-order valence-corrected chi connectivity index (χ0v) is 16.2. The molecule has 1 N–H and O–H groups in total. The van der Waals surface area contributed by atoms with Gasteiger partial charge in [0.2, 0.25) is 5.76 Å². The predicted octanol–water partition coefficient (Wildman–Crippen LogP) is 3.88. The first-order valence-electron chi connectivity index (χ1n) is 9.50. The van der Waals surface area contributed by atoms with Crippen molar-refractivity contribution in [2.45, 2.75) is 25.0 Å². The molecule has 29 heavy (non-hydrogen) atoms. The number of fused-ring (bicyclic) bond motifs is 2. The first kappa shape index (κ1) is 18.2. The smallest absolute Gasteiger partial charge is 0.291 e. The van der Waals surface area contributed by atoms with Crippen LogP contribution in [-0.2, 0) is 4.74 Å². The van der Waals surface area contributed by atoms with E-state index in [0.717, 1.165) is 12.8 Å². The Morgan fingerprint density at radius 2 is 2.03 bits per heavy atom.